The second kappa shape index (κ2) is 9.16. The van der Waals surface area contributed by atoms with Gasteiger partial charge in [0.05, 0.1) is 6.61 Å². The van der Waals surface area contributed by atoms with Crippen LogP contribution in [0.3, 0.4) is 0 Å². The van der Waals surface area contributed by atoms with Crippen molar-refractivity contribution in [2.75, 3.05) is 25.0 Å². The van der Waals surface area contributed by atoms with Gasteiger partial charge in [0, 0.05) is 24.6 Å². The quantitative estimate of drug-likeness (QED) is 0.573. The number of carbonyl (C=O) groups is 1. The molecule has 31 heavy (non-hydrogen) atoms. The number of benzene rings is 1. The van der Waals surface area contributed by atoms with Gasteiger partial charge in [0.2, 0.25) is 11.8 Å². The standard InChI is InChI=1S/C20H22N4O5S2/c1-2-28-16-7-5-15(6-8-16)19-22-23-20(29-19)21-18(25)14-9-11-24(12-10-14)31(26,27)17-4-3-13-30-17/h3-8,13-14H,2,9-12H2,1H3,(H,21,23,25). The molecule has 164 valence electrons. The molecule has 0 spiro atoms. The van der Waals surface area contributed by atoms with Crippen LogP contribution in [0.2, 0.25) is 0 Å². The normalized spacial score (nSPS) is 15.6. The summed E-state index contributed by atoms with van der Waals surface area (Å²) in [5.41, 5.74) is 0.712. The Morgan fingerprint density at radius 2 is 1.97 bits per heavy atom. The molecule has 0 radical (unpaired) electrons. The molecule has 1 fully saturated rings. The van der Waals surface area contributed by atoms with E-state index in [0.29, 0.717) is 42.3 Å². The largest absolute Gasteiger partial charge is 0.494 e. The van der Waals surface area contributed by atoms with Crippen molar-refractivity contribution in [1.29, 1.82) is 0 Å². The number of anilines is 1. The van der Waals surface area contributed by atoms with E-state index in [9.17, 15) is 13.2 Å². The molecule has 0 bridgehead atoms. The minimum atomic E-state index is -3.49. The first kappa shape index (κ1) is 21.5. The highest BCUT2D eigenvalue weighted by Gasteiger charge is 2.33. The van der Waals surface area contributed by atoms with E-state index >= 15 is 0 Å². The van der Waals surface area contributed by atoms with Crippen molar-refractivity contribution in [2.24, 2.45) is 5.92 Å². The molecule has 1 aromatic carbocycles. The number of nitrogens with zero attached hydrogens (tertiary/aromatic N) is 3. The van der Waals surface area contributed by atoms with Gasteiger partial charge >= 0.3 is 6.01 Å². The number of hydrogen-bond donors (Lipinski definition) is 1. The lowest BCUT2D eigenvalue weighted by molar-refractivity contribution is -0.121. The van der Waals surface area contributed by atoms with E-state index in [1.54, 1.807) is 41.8 Å². The van der Waals surface area contributed by atoms with Crippen molar-refractivity contribution < 1.29 is 22.4 Å². The molecule has 1 aliphatic rings. The van der Waals surface area contributed by atoms with E-state index in [-0.39, 0.29) is 23.7 Å². The van der Waals surface area contributed by atoms with Gasteiger partial charge in [-0.25, -0.2) is 8.42 Å². The van der Waals surface area contributed by atoms with Crippen LogP contribution in [0.4, 0.5) is 6.01 Å². The number of rotatable bonds is 7. The van der Waals surface area contributed by atoms with Crippen LogP contribution in [0.15, 0.2) is 50.4 Å². The second-order valence-corrected chi connectivity index (χ2v) is 10.1. The number of nitrogens with one attached hydrogen (secondary N) is 1. The average molecular weight is 463 g/mol. The zero-order chi connectivity index (χ0) is 21.8. The van der Waals surface area contributed by atoms with Crippen LogP contribution >= 0.6 is 11.3 Å². The Morgan fingerprint density at radius 1 is 1.23 bits per heavy atom. The van der Waals surface area contributed by atoms with E-state index in [1.807, 2.05) is 6.92 Å². The molecular formula is C20H22N4O5S2. The van der Waals surface area contributed by atoms with Gasteiger partial charge in [0.1, 0.15) is 9.96 Å². The third-order valence-corrected chi connectivity index (χ3v) is 8.25. The highest BCUT2D eigenvalue weighted by atomic mass is 32.2. The lowest BCUT2D eigenvalue weighted by atomic mass is 9.97. The third kappa shape index (κ3) is 4.78. The first-order valence-corrected chi connectivity index (χ1v) is 12.2. The summed E-state index contributed by atoms with van der Waals surface area (Å²) in [5.74, 6) is 0.451. The summed E-state index contributed by atoms with van der Waals surface area (Å²) in [6, 6.07) is 10.5. The van der Waals surface area contributed by atoms with E-state index in [0.717, 1.165) is 5.75 Å². The maximum absolute atomic E-state index is 12.6. The molecule has 4 rings (SSSR count). The Morgan fingerprint density at radius 3 is 2.61 bits per heavy atom. The highest BCUT2D eigenvalue weighted by molar-refractivity contribution is 7.91. The fourth-order valence-electron chi connectivity index (χ4n) is 3.35. The molecule has 1 N–H and O–H groups in total. The number of piperidine rings is 1. The second-order valence-electron chi connectivity index (χ2n) is 6.97. The van der Waals surface area contributed by atoms with Gasteiger partial charge in [-0.3, -0.25) is 10.1 Å². The van der Waals surface area contributed by atoms with Crippen molar-refractivity contribution >= 4 is 33.3 Å². The average Bonchev–Trinajstić information content (AvgIpc) is 3.47. The Labute approximate surface area is 184 Å². The molecule has 1 amide bonds. The van der Waals surface area contributed by atoms with Crippen LogP contribution in [0, 0.1) is 5.92 Å². The summed E-state index contributed by atoms with van der Waals surface area (Å²) >= 11 is 1.19. The van der Waals surface area contributed by atoms with Gasteiger partial charge in [0.15, 0.2) is 0 Å². The van der Waals surface area contributed by atoms with Crippen molar-refractivity contribution in [1.82, 2.24) is 14.5 Å². The van der Waals surface area contributed by atoms with Crippen LogP contribution in [-0.2, 0) is 14.8 Å². The topological polar surface area (TPSA) is 115 Å². The van der Waals surface area contributed by atoms with E-state index in [4.69, 9.17) is 9.15 Å². The predicted molar refractivity (Wildman–Crippen MR) is 115 cm³/mol. The van der Waals surface area contributed by atoms with Crippen molar-refractivity contribution in [2.45, 2.75) is 24.0 Å². The van der Waals surface area contributed by atoms with Gasteiger partial charge in [0.25, 0.3) is 10.0 Å². The summed E-state index contributed by atoms with van der Waals surface area (Å²) in [6.45, 7) is 3.07. The number of ether oxygens (including phenoxy) is 1. The number of carbonyl (C=O) groups excluding carboxylic acids is 1. The predicted octanol–water partition coefficient (Wildman–Crippen LogP) is 3.24. The van der Waals surface area contributed by atoms with Crippen molar-refractivity contribution in [3.63, 3.8) is 0 Å². The molecule has 1 aliphatic heterocycles. The molecule has 11 heteroatoms. The Hall–Kier alpha value is -2.76. The smallest absolute Gasteiger partial charge is 0.322 e. The summed E-state index contributed by atoms with van der Waals surface area (Å²) in [7, 11) is -3.49. The molecular weight excluding hydrogens is 440 g/mol. The summed E-state index contributed by atoms with van der Waals surface area (Å²) < 4.78 is 37.9. The number of hydrogen-bond acceptors (Lipinski definition) is 8. The first-order valence-electron chi connectivity index (χ1n) is 9.88. The van der Waals surface area contributed by atoms with E-state index in [1.165, 1.54) is 15.6 Å². The summed E-state index contributed by atoms with van der Waals surface area (Å²) in [6.07, 6.45) is 0.854. The fourth-order valence-corrected chi connectivity index (χ4v) is 5.97. The summed E-state index contributed by atoms with van der Waals surface area (Å²) in [4.78, 5) is 12.6. The molecule has 0 unspecified atom stereocenters. The van der Waals surface area contributed by atoms with Crippen LogP contribution < -0.4 is 10.1 Å². The highest BCUT2D eigenvalue weighted by Crippen LogP contribution is 2.27. The van der Waals surface area contributed by atoms with Crippen LogP contribution in [0.25, 0.3) is 11.5 Å². The Kier molecular flexibility index (Phi) is 6.35. The minimum Gasteiger partial charge on any atom is -0.494 e. The van der Waals surface area contributed by atoms with Crippen LogP contribution in [-0.4, -0.2) is 48.5 Å². The number of amides is 1. The molecule has 2 aromatic heterocycles. The SMILES string of the molecule is CCOc1ccc(-c2nnc(NC(=O)C3CCN(S(=O)(=O)c4cccs4)CC3)o2)cc1. The van der Waals surface area contributed by atoms with E-state index in [2.05, 4.69) is 15.5 Å². The monoisotopic (exact) mass is 462 g/mol. The van der Waals surface area contributed by atoms with Crippen LogP contribution in [0.1, 0.15) is 19.8 Å². The zero-order valence-corrected chi connectivity index (χ0v) is 18.5. The Balaban J connectivity index is 1.33. The van der Waals surface area contributed by atoms with Gasteiger partial charge in [-0.05, 0) is 55.5 Å². The Bertz CT molecular complexity index is 1120. The van der Waals surface area contributed by atoms with Crippen molar-refractivity contribution in [3.8, 4) is 17.2 Å². The molecule has 0 saturated carbocycles. The van der Waals surface area contributed by atoms with Crippen LogP contribution in [0.5, 0.6) is 5.75 Å². The maximum atomic E-state index is 12.6. The maximum Gasteiger partial charge on any atom is 0.322 e. The lowest BCUT2D eigenvalue weighted by Crippen LogP contribution is -2.41. The molecule has 9 nitrogen and oxygen atoms in total. The van der Waals surface area contributed by atoms with Gasteiger partial charge in [-0.2, -0.15) is 4.31 Å². The van der Waals surface area contributed by atoms with Gasteiger partial charge in [-0.15, -0.1) is 16.4 Å². The molecule has 3 heterocycles. The van der Waals surface area contributed by atoms with Crippen molar-refractivity contribution in [3.05, 3.63) is 41.8 Å². The number of sulfonamides is 1. The third-order valence-electron chi connectivity index (χ3n) is 4.98. The zero-order valence-electron chi connectivity index (χ0n) is 16.9. The first-order chi connectivity index (χ1) is 15.0. The van der Waals surface area contributed by atoms with E-state index < -0.39 is 10.0 Å². The lowest BCUT2D eigenvalue weighted by Gasteiger charge is -2.29. The molecule has 0 atom stereocenters. The van der Waals surface area contributed by atoms with Gasteiger partial charge in [-0.1, -0.05) is 11.2 Å². The number of aromatic nitrogens is 2. The fraction of sp³-hybridized carbons (Fsp3) is 0.350. The molecule has 0 aliphatic carbocycles. The molecule has 1 saturated heterocycles. The number of thiophene rings is 1. The minimum absolute atomic E-state index is 0.0162. The summed E-state index contributed by atoms with van der Waals surface area (Å²) in [5, 5.41) is 12.2. The molecule has 3 aromatic rings. The van der Waals surface area contributed by atoms with Gasteiger partial charge < -0.3 is 9.15 Å².